The Morgan fingerprint density at radius 3 is 2.86 bits per heavy atom. The minimum atomic E-state index is 0.341. The lowest BCUT2D eigenvalue weighted by atomic mass is 10.2. The SMILES string of the molecule is COc1ccc(NC(C)CCCl)nc1. The van der Waals surface area contributed by atoms with E-state index in [1.807, 2.05) is 12.1 Å². The van der Waals surface area contributed by atoms with Crippen LogP contribution in [0.4, 0.5) is 5.82 Å². The number of pyridine rings is 1. The van der Waals surface area contributed by atoms with Gasteiger partial charge in [-0.15, -0.1) is 11.6 Å². The third kappa shape index (κ3) is 3.42. The van der Waals surface area contributed by atoms with E-state index in [9.17, 15) is 0 Å². The van der Waals surface area contributed by atoms with Gasteiger partial charge in [0.15, 0.2) is 0 Å². The van der Waals surface area contributed by atoms with E-state index in [1.54, 1.807) is 13.3 Å². The summed E-state index contributed by atoms with van der Waals surface area (Å²) in [4.78, 5) is 4.19. The molecule has 1 atom stereocenters. The van der Waals surface area contributed by atoms with E-state index < -0.39 is 0 Å². The number of halogens is 1. The molecule has 0 spiro atoms. The molecule has 0 aromatic carbocycles. The van der Waals surface area contributed by atoms with Crippen molar-refractivity contribution in [1.29, 1.82) is 0 Å². The van der Waals surface area contributed by atoms with Crippen molar-refractivity contribution in [2.24, 2.45) is 0 Å². The second-order valence-corrected chi connectivity index (χ2v) is 3.48. The summed E-state index contributed by atoms with van der Waals surface area (Å²) >= 11 is 5.63. The molecule has 1 unspecified atom stereocenters. The molecule has 1 aromatic rings. The number of rotatable bonds is 5. The second-order valence-electron chi connectivity index (χ2n) is 3.11. The molecule has 3 nitrogen and oxygen atoms in total. The van der Waals surface area contributed by atoms with Crippen LogP contribution in [-0.4, -0.2) is 24.0 Å². The standard InChI is InChI=1S/C10H15ClN2O/c1-8(5-6-11)13-10-4-3-9(14-2)7-12-10/h3-4,7-8H,5-6H2,1-2H3,(H,12,13). The molecule has 78 valence electrons. The Balaban J connectivity index is 2.50. The average Bonchev–Trinajstić information content (AvgIpc) is 2.19. The Hall–Kier alpha value is -0.960. The Morgan fingerprint density at radius 1 is 1.57 bits per heavy atom. The molecule has 1 aromatic heterocycles. The van der Waals surface area contributed by atoms with Crippen LogP contribution in [0.1, 0.15) is 13.3 Å². The van der Waals surface area contributed by atoms with Crippen molar-refractivity contribution in [2.75, 3.05) is 18.3 Å². The fraction of sp³-hybridized carbons (Fsp3) is 0.500. The number of nitrogens with zero attached hydrogens (tertiary/aromatic N) is 1. The first-order chi connectivity index (χ1) is 6.76. The van der Waals surface area contributed by atoms with E-state index in [4.69, 9.17) is 16.3 Å². The lowest BCUT2D eigenvalue weighted by molar-refractivity contribution is 0.413. The van der Waals surface area contributed by atoms with Crippen molar-refractivity contribution < 1.29 is 4.74 Å². The minimum absolute atomic E-state index is 0.341. The van der Waals surface area contributed by atoms with Crippen LogP contribution in [0.5, 0.6) is 5.75 Å². The van der Waals surface area contributed by atoms with Crippen LogP contribution in [0.3, 0.4) is 0 Å². The number of ether oxygens (including phenoxy) is 1. The first-order valence-electron chi connectivity index (χ1n) is 4.59. The first-order valence-corrected chi connectivity index (χ1v) is 5.12. The zero-order valence-electron chi connectivity index (χ0n) is 8.46. The molecule has 0 saturated heterocycles. The average molecular weight is 215 g/mol. The van der Waals surface area contributed by atoms with Gasteiger partial charge in [-0.25, -0.2) is 4.98 Å². The summed E-state index contributed by atoms with van der Waals surface area (Å²) in [5.74, 6) is 2.27. The van der Waals surface area contributed by atoms with Crippen LogP contribution < -0.4 is 10.1 Å². The summed E-state index contributed by atoms with van der Waals surface area (Å²) in [6.07, 6.45) is 2.62. The molecule has 0 fully saturated rings. The lowest BCUT2D eigenvalue weighted by Gasteiger charge is -2.12. The van der Waals surface area contributed by atoms with Crippen molar-refractivity contribution >= 4 is 17.4 Å². The van der Waals surface area contributed by atoms with Gasteiger partial charge in [0, 0.05) is 11.9 Å². The van der Waals surface area contributed by atoms with Crippen LogP contribution in [0.15, 0.2) is 18.3 Å². The van der Waals surface area contributed by atoms with E-state index in [0.29, 0.717) is 11.9 Å². The molecule has 0 aliphatic heterocycles. The molecule has 0 radical (unpaired) electrons. The normalized spacial score (nSPS) is 12.2. The summed E-state index contributed by atoms with van der Waals surface area (Å²) in [7, 11) is 1.63. The number of alkyl halides is 1. The maximum atomic E-state index is 5.63. The van der Waals surface area contributed by atoms with Gasteiger partial charge in [-0.05, 0) is 25.5 Å². The summed E-state index contributed by atoms with van der Waals surface area (Å²) < 4.78 is 5.01. The number of methoxy groups -OCH3 is 1. The maximum Gasteiger partial charge on any atom is 0.137 e. The molecular formula is C10H15ClN2O. The van der Waals surface area contributed by atoms with E-state index >= 15 is 0 Å². The molecule has 1 rings (SSSR count). The molecule has 0 aliphatic carbocycles. The van der Waals surface area contributed by atoms with Crippen molar-refractivity contribution in [1.82, 2.24) is 4.98 Å². The van der Waals surface area contributed by atoms with Gasteiger partial charge in [0.2, 0.25) is 0 Å². The molecule has 0 saturated carbocycles. The zero-order valence-corrected chi connectivity index (χ0v) is 9.21. The predicted octanol–water partition coefficient (Wildman–Crippen LogP) is 2.52. The first kappa shape index (κ1) is 11.1. The Bertz CT molecular complexity index is 263. The van der Waals surface area contributed by atoms with Crippen LogP contribution >= 0.6 is 11.6 Å². The summed E-state index contributed by atoms with van der Waals surface area (Å²) in [6, 6.07) is 4.11. The van der Waals surface area contributed by atoms with Crippen molar-refractivity contribution in [3.63, 3.8) is 0 Å². The predicted molar refractivity (Wildman–Crippen MR) is 59.2 cm³/mol. The maximum absolute atomic E-state index is 5.63. The van der Waals surface area contributed by atoms with Gasteiger partial charge < -0.3 is 10.1 Å². The second kappa shape index (κ2) is 5.70. The third-order valence-electron chi connectivity index (χ3n) is 1.91. The van der Waals surface area contributed by atoms with E-state index in [0.717, 1.165) is 18.0 Å². The van der Waals surface area contributed by atoms with Gasteiger partial charge in [0.1, 0.15) is 11.6 Å². The number of aromatic nitrogens is 1. The number of hydrogen-bond acceptors (Lipinski definition) is 3. The van der Waals surface area contributed by atoms with E-state index in [1.165, 1.54) is 0 Å². The monoisotopic (exact) mass is 214 g/mol. The number of hydrogen-bond donors (Lipinski definition) is 1. The summed E-state index contributed by atoms with van der Waals surface area (Å²) in [5, 5.41) is 3.24. The fourth-order valence-corrected chi connectivity index (χ4v) is 1.40. The number of anilines is 1. The van der Waals surface area contributed by atoms with Crippen LogP contribution in [0.2, 0.25) is 0 Å². The molecule has 4 heteroatoms. The fourth-order valence-electron chi connectivity index (χ4n) is 1.07. The van der Waals surface area contributed by atoms with E-state index in [-0.39, 0.29) is 0 Å². The highest BCUT2D eigenvalue weighted by molar-refractivity contribution is 6.17. The molecule has 1 heterocycles. The highest BCUT2D eigenvalue weighted by Crippen LogP contribution is 2.12. The van der Waals surface area contributed by atoms with Crippen LogP contribution in [0, 0.1) is 0 Å². The topological polar surface area (TPSA) is 34.1 Å². The Kier molecular flexibility index (Phi) is 4.53. The molecule has 1 N–H and O–H groups in total. The lowest BCUT2D eigenvalue weighted by Crippen LogP contribution is -2.16. The van der Waals surface area contributed by atoms with Gasteiger partial charge in [-0.1, -0.05) is 0 Å². The van der Waals surface area contributed by atoms with Gasteiger partial charge >= 0.3 is 0 Å². The third-order valence-corrected chi connectivity index (χ3v) is 2.13. The van der Waals surface area contributed by atoms with Crippen molar-refractivity contribution in [3.05, 3.63) is 18.3 Å². The van der Waals surface area contributed by atoms with Gasteiger partial charge in [0.25, 0.3) is 0 Å². The highest BCUT2D eigenvalue weighted by Gasteiger charge is 2.01. The van der Waals surface area contributed by atoms with Crippen LogP contribution in [-0.2, 0) is 0 Å². The summed E-state index contributed by atoms with van der Waals surface area (Å²) in [6.45, 7) is 2.08. The Labute approximate surface area is 89.4 Å². The van der Waals surface area contributed by atoms with Gasteiger partial charge in [0.05, 0.1) is 13.3 Å². The smallest absolute Gasteiger partial charge is 0.137 e. The number of nitrogens with one attached hydrogen (secondary N) is 1. The highest BCUT2D eigenvalue weighted by atomic mass is 35.5. The summed E-state index contributed by atoms with van der Waals surface area (Å²) in [5.41, 5.74) is 0. The minimum Gasteiger partial charge on any atom is -0.495 e. The quantitative estimate of drug-likeness (QED) is 0.765. The van der Waals surface area contributed by atoms with Gasteiger partial charge in [-0.2, -0.15) is 0 Å². The van der Waals surface area contributed by atoms with E-state index in [2.05, 4.69) is 17.2 Å². The molecule has 14 heavy (non-hydrogen) atoms. The molecule has 0 amide bonds. The van der Waals surface area contributed by atoms with Crippen LogP contribution in [0.25, 0.3) is 0 Å². The zero-order chi connectivity index (χ0) is 10.4. The molecule has 0 bridgehead atoms. The molecular weight excluding hydrogens is 200 g/mol. The molecule has 0 aliphatic rings. The van der Waals surface area contributed by atoms with Crippen molar-refractivity contribution in [3.8, 4) is 5.75 Å². The Morgan fingerprint density at radius 2 is 2.36 bits per heavy atom. The van der Waals surface area contributed by atoms with Crippen molar-refractivity contribution in [2.45, 2.75) is 19.4 Å². The largest absolute Gasteiger partial charge is 0.495 e. The van der Waals surface area contributed by atoms with Gasteiger partial charge in [-0.3, -0.25) is 0 Å².